The second-order valence-electron chi connectivity index (χ2n) is 4.46. The van der Waals surface area contributed by atoms with Crippen molar-refractivity contribution in [1.82, 2.24) is 10.3 Å². The number of carbonyl (C=O) groups excluding carboxylic acids is 1. The van der Waals surface area contributed by atoms with Crippen molar-refractivity contribution in [2.75, 3.05) is 5.73 Å². The molecule has 0 bridgehead atoms. The Bertz CT molecular complexity index is 537. The molecule has 0 aliphatic heterocycles. The summed E-state index contributed by atoms with van der Waals surface area (Å²) in [6.45, 7) is 1.92. The maximum Gasteiger partial charge on any atom is 0.224 e. The molecule has 0 aliphatic rings. The van der Waals surface area contributed by atoms with Gasteiger partial charge in [-0.05, 0) is 36.8 Å². The molecule has 3 N–H and O–H groups in total. The number of rotatable bonds is 4. The Morgan fingerprint density at radius 2 is 2.00 bits per heavy atom. The molecule has 2 aromatic rings. The van der Waals surface area contributed by atoms with E-state index in [-0.39, 0.29) is 11.9 Å². The standard InChI is InChI=1S/C15H17N3O/c1-11(14-4-2-3-9-17-14)18-15(19)10-12-5-7-13(16)8-6-12/h2-9,11H,10,16H2,1H3,(H,18,19)/t11-/m1/s1. The zero-order valence-electron chi connectivity index (χ0n) is 10.8. The lowest BCUT2D eigenvalue weighted by atomic mass is 10.1. The van der Waals surface area contributed by atoms with E-state index in [9.17, 15) is 4.79 Å². The van der Waals surface area contributed by atoms with Gasteiger partial charge in [0, 0.05) is 11.9 Å². The van der Waals surface area contributed by atoms with Crippen LogP contribution in [-0.2, 0) is 11.2 Å². The summed E-state index contributed by atoms with van der Waals surface area (Å²) < 4.78 is 0. The first-order chi connectivity index (χ1) is 9.15. The fourth-order valence-corrected chi connectivity index (χ4v) is 1.82. The van der Waals surface area contributed by atoms with Gasteiger partial charge in [-0.15, -0.1) is 0 Å². The molecule has 19 heavy (non-hydrogen) atoms. The Kier molecular flexibility index (Phi) is 4.13. The van der Waals surface area contributed by atoms with Gasteiger partial charge in [-0.2, -0.15) is 0 Å². The molecule has 0 unspecified atom stereocenters. The second kappa shape index (κ2) is 6.00. The highest BCUT2D eigenvalue weighted by molar-refractivity contribution is 5.79. The topological polar surface area (TPSA) is 68.0 Å². The highest BCUT2D eigenvalue weighted by Crippen LogP contribution is 2.10. The third-order valence-electron chi connectivity index (χ3n) is 2.85. The van der Waals surface area contributed by atoms with E-state index in [0.717, 1.165) is 11.3 Å². The molecule has 1 atom stereocenters. The Labute approximate surface area is 112 Å². The summed E-state index contributed by atoms with van der Waals surface area (Å²) in [6, 6.07) is 12.9. The first-order valence-corrected chi connectivity index (χ1v) is 6.20. The van der Waals surface area contributed by atoms with Crippen LogP contribution in [0.25, 0.3) is 0 Å². The van der Waals surface area contributed by atoms with Crippen LogP contribution in [-0.4, -0.2) is 10.9 Å². The summed E-state index contributed by atoms with van der Waals surface area (Å²) >= 11 is 0. The van der Waals surface area contributed by atoms with E-state index in [1.807, 2.05) is 37.3 Å². The van der Waals surface area contributed by atoms with E-state index in [0.29, 0.717) is 12.1 Å². The normalized spacial score (nSPS) is 11.8. The van der Waals surface area contributed by atoms with Crippen LogP contribution >= 0.6 is 0 Å². The van der Waals surface area contributed by atoms with Crippen molar-refractivity contribution < 1.29 is 4.79 Å². The zero-order chi connectivity index (χ0) is 13.7. The zero-order valence-corrected chi connectivity index (χ0v) is 10.8. The average molecular weight is 255 g/mol. The van der Waals surface area contributed by atoms with Crippen molar-refractivity contribution in [3.8, 4) is 0 Å². The molecule has 4 heteroatoms. The van der Waals surface area contributed by atoms with Crippen molar-refractivity contribution in [3.05, 3.63) is 59.9 Å². The number of nitrogens with zero attached hydrogens (tertiary/aromatic N) is 1. The predicted octanol–water partition coefficient (Wildman–Crippen LogP) is 2.08. The van der Waals surface area contributed by atoms with Gasteiger partial charge in [0.05, 0.1) is 18.2 Å². The number of nitrogens with one attached hydrogen (secondary N) is 1. The number of amides is 1. The molecule has 0 radical (unpaired) electrons. The summed E-state index contributed by atoms with van der Waals surface area (Å²) in [5.74, 6) is -0.0251. The maximum atomic E-state index is 11.9. The minimum Gasteiger partial charge on any atom is -0.399 e. The molecule has 4 nitrogen and oxygen atoms in total. The van der Waals surface area contributed by atoms with Crippen LogP contribution in [0, 0.1) is 0 Å². The first kappa shape index (κ1) is 13.1. The number of aromatic nitrogens is 1. The molecule has 1 aromatic heterocycles. The van der Waals surface area contributed by atoms with Gasteiger partial charge >= 0.3 is 0 Å². The second-order valence-corrected chi connectivity index (χ2v) is 4.46. The molecule has 98 valence electrons. The van der Waals surface area contributed by atoms with E-state index in [1.54, 1.807) is 18.3 Å². The quantitative estimate of drug-likeness (QED) is 0.822. The first-order valence-electron chi connectivity index (χ1n) is 6.20. The predicted molar refractivity (Wildman–Crippen MR) is 75.4 cm³/mol. The van der Waals surface area contributed by atoms with Crippen molar-refractivity contribution in [2.24, 2.45) is 0 Å². The smallest absolute Gasteiger partial charge is 0.224 e. The number of nitrogen functional groups attached to an aromatic ring is 1. The van der Waals surface area contributed by atoms with E-state index >= 15 is 0 Å². The minimum absolute atomic E-state index is 0.0251. The highest BCUT2D eigenvalue weighted by atomic mass is 16.1. The molecule has 1 aromatic carbocycles. The van der Waals surface area contributed by atoms with Crippen molar-refractivity contribution in [1.29, 1.82) is 0 Å². The average Bonchev–Trinajstić information content (AvgIpc) is 2.42. The Morgan fingerprint density at radius 1 is 1.26 bits per heavy atom. The van der Waals surface area contributed by atoms with E-state index in [2.05, 4.69) is 10.3 Å². The number of anilines is 1. The lowest BCUT2D eigenvalue weighted by Crippen LogP contribution is -2.28. The highest BCUT2D eigenvalue weighted by Gasteiger charge is 2.10. The molecule has 0 saturated carbocycles. The van der Waals surface area contributed by atoms with Gasteiger partial charge in [-0.3, -0.25) is 9.78 Å². The van der Waals surface area contributed by atoms with Crippen LogP contribution in [0.3, 0.4) is 0 Å². The molecular formula is C15H17N3O. The molecule has 1 amide bonds. The Balaban J connectivity index is 1.93. The van der Waals surface area contributed by atoms with E-state index in [4.69, 9.17) is 5.73 Å². The van der Waals surface area contributed by atoms with Crippen molar-refractivity contribution in [2.45, 2.75) is 19.4 Å². The molecule has 0 aliphatic carbocycles. The van der Waals surface area contributed by atoms with Gasteiger partial charge in [0.1, 0.15) is 0 Å². The summed E-state index contributed by atoms with van der Waals surface area (Å²) in [6.07, 6.45) is 2.06. The lowest BCUT2D eigenvalue weighted by molar-refractivity contribution is -0.121. The van der Waals surface area contributed by atoms with Gasteiger partial charge < -0.3 is 11.1 Å². The number of pyridine rings is 1. The van der Waals surface area contributed by atoms with E-state index < -0.39 is 0 Å². The summed E-state index contributed by atoms with van der Waals surface area (Å²) in [4.78, 5) is 16.1. The maximum absolute atomic E-state index is 11.9. The monoisotopic (exact) mass is 255 g/mol. The third-order valence-corrected chi connectivity index (χ3v) is 2.85. The Morgan fingerprint density at radius 3 is 2.63 bits per heavy atom. The summed E-state index contributed by atoms with van der Waals surface area (Å²) in [5.41, 5.74) is 8.10. The molecule has 0 saturated heterocycles. The number of benzene rings is 1. The van der Waals surface area contributed by atoms with Crippen LogP contribution in [0.15, 0.2) is 48.7 Å². The van der Waals surface area contributed by atoms with Gasteiger partial charge in [0.15, 0.2) is 0 Å². The number of nitrogens with two attached hydrogens (primary N) is 1. The van der Waals surface area contributed by atoms with Gasteiger partial charge in [0.2, 0.25) is 5.91 Å². The molecular weight excluding hydrogens is 238 g/mol. The number of carbonyl (C=O) groups is 1. The lowest BCUT2D eigenvalue weighted by Gasteiger charge is -2.13. The van der Waals surface area contributed by atoms with Crippen LogP contribution in [0.5, 0.6) is 0 Å². The summed E-state index contributed by atoms with van der Waals surface area (Å²) in [7, 11) is 0. The largest absolute Gasteiger partial charge is 0.399 e. The fraction of sp³-hybridized carbons (Fsp3) is 0.200. The van der Waals surface area contributed by atoms with Gasteiger partial charge in [-0.25, -0.2) is 0 Å². The SMILES string of the molecule is C[C@@H](NC(=O)Cc1ccc(N)cc1)c1ccccn1. The third kappa shape index (κ3) is 3.81. The minimum atomic E-state index is -0.0949. The summed E-state index contributed by atoms with van der Waals surface area (Å²) in [5, 5.41) is 2.93. The molecule has 0 fully saturated rings. The van der Waals surface area contributed by atoms with Gasteiger partial charge in [-0.1, -0.05) is 18.2 Å². The van der Waals surface area contributed by atoms with Crippen LogP contribution in [0.4, 0.5) is 5.69 Å². The molecule has 2 rings (SSSR count). The number of hydrogen-bond acceptors (Lipinski definition) is 3. The Hall–Kier alpha value is -2.36. The van der Waals surface area contributed by atoms with Crippen molar-refractivity contribution >= 4 is 11.6 Å². The molecule has 1 heterocycles. The van der Waals surface area contributed by atoms with Gasteiger partial charge in [0.25, 0.3) is 0 Å². The van der Waals surface area contributed by atoms with Crippen LogP contribution in [0.1, 0.15) is 24.2 Å². The van der Waals surface area contributed by atoms with Crippen LogP contribution in [0.2, 0.25) is 0 Å². The van der Waals surface area contributed by atoms with Crippen LogP contribution < -0.4 is 11.1 Å². The number of hydrogen-bond donors (Lipinski definition) is 2. The van der Waals surface area contributed by atoms with E-state index in [1.165, 1.54) is 0 Å². The molecule has 0 spiro atoms. The fourth-order valence-electron chi connectivity index (χ4n) is 1.82. The van der Waals surface area contributed by atoms with Crippen molar-refractivity contribution in [3.63, 3.8) is 0 Å².